The third kappa shape index (κ3) is 4.36. The van der Waals surface area contributed by atoms with Gasteiger partial charge in [-0.2, -0.15) is 0 Å². The molecule has 0 aliphatic rings. The Bertz CT molecular complexity index is 868. The predicted octanol–water partition coefficient (Wildman–Crippen LogP) is 5.54. The van der Waals surface area contributed by atoms with E-state index in [2.05, 4.69) is 49.5 Å². The monoisotopic (exact) mass is 329 g/mol. The highest BCUT2D eigenvalue weighted by molar-refractivity contribution is 5.95. The van der Waals surface area contributed by atoms with Crippen LogP contribution in [0.2, 0.25) is 0 Å². The molecule has 0 aliphatic carbocycles. The number of rotatable bonds is 5. The van der Waals surface area contributed by atoms with Crippen molar-refractivity contribution < 1.29 is 4.79 Å². The summed E-state index contributed by atoms with van der Waals surface area (Å²) in [4.78, 5) is 12.4. The van der Waals surface area contributed by atoms with Gasteiger partial charge in [-0.3, -0.25) is 4.79 Å². The van der Waals surface area contributed by atoms with Gasteiger partial charge < -0.3 is 5.32 Å². The summed E-state index contributed by atoms with van der Waals surface area (Å²) in [5.74, 6) is 0.0448. The lowest BCUT2D eigenvalue weighted by Gasteiger charge is -2.12. The third-order valence-corrected chi connectivity index (χ3v) is 4.41. The largest absolute Gasteiger partial charge is 0.326 e. The van der Waals surface area contributed by atoms with Gasteiger partial charge in [-0.1, -0.05) is 72.3 Å². The lowest BCUT2D eigenvalue weighted by atomic mass is 10.0. The molecule has 0 fully saturated rings. The maximum Gasteiger partial charge on any atom is 0.224 e. The van der Waals surface area contributed by atoms with Crippen molar-refractivity contribution in [3.8, 4) is 11.1 Å². The summed E-state index contributed by atoms with van der Waals surface area (Å²) in [5, 5.41) is 3.07. The first kappa shape index (κ1) is 17.0. The fraction of sp³-hybridized carbons (Fsp3) is 0.174. The minimum Gasteiger partial charge on any atom is -0.326 e. The Hall–Kier alpha value is -2.87. The van der Waals surface area contributed by atoms with E-state index in [4.69, 9.17) is 0 Å². The van der Waals surface area contributed by atoms with E-state index in [-0.39, 0.29) is 5.91 Å². The number of amides is 1. The van der Waals surface area contributed by atoms with Gasteiger partial charge in [0.05, 0.1) is 0 Å². The molecule has 1 amide bonds. The number of benzene rings is 3. The van der Waals surface area contributed by atoms with E-state index in [1.807, 2.05) is 42.5 Å². The highest BCUT2D eigenvalue weighted by atomic mass is 16.1. The van der Waals surface area contributed by atoms with Gasteiger partial charge in [0, 0.05) is 17.7 Å². The molecule has 0 saturated heterocycles. The normalized spacial score (nSPS) is 10.5. The summed E-state index contributed by atoms with van der Waals surface area (Å²) in [6.07, 6.45) is 1.23. The van der Waals surface area contributed by atoms with Crippen molar-refractivity contribution in [1.29, 1.82) is 0 Å². The van der Waals surface area contributed by atoms with Crippen molar-refractivity contribution in [3.05, 3.63) is 89.5 Å². The first-order valence-electron chi connectivity index (χ1n) is 8.64. The second-order valence-corrected chi connectivity index (χ2v) is 6.39. The van der Waals surface area contributed by atoms with Crippen LogP contribution in [-0.2, 0) is 11.2 Å². The second-order valence-electron chi connectivity index (χ2n) is 6.39. The Morgan fingerprint density at radius 3 is 2.36 bits per heavy atom. The molecule has 3 aromatic carbocycles. The van der Waals surface area contributed by atoms with Crippen LogP contribution < -0.4 is 5.32 Å². The Labute approximate surface area is 149 Å². The standard InChI is InChI=1S/C23H23NO/c1-17-12-13-19(18(2)16-17)14-15-23(25)24-22-11-7-6-10-21(22)20-8-4-3-5-9-20/h3-13,16H,14-15H2,1-2H3,(H,24,25). The van der Waals surface area contributed by atoms with Crippen molar-refractivity contribution in [1.82, 2.24) is 0 Å². The molecular formula is C23H23NO. The zero-order valence-corrected chi connectivity index (χ0v) is 14.8. The van der Waals surface area contributed by atoms with Crippen LogP contribution in [0.4, 0.5) is 5.69 Å². The summed E-state index contributed by atoms with van der Waals surface area (Å²) in [5.41, 5.74) is 6.74. The number of carbonyl (C=O) groups is 1. The van der Waals surface area contributed by atoms with Gasteiger partial charge in [0.2, 0.25) is 5.91 Å². The van der Waals surface area contributed by atoms with Crippen LogP contribution in [0.25, 0.3) is 11.1 Å². The molecule has 2 heteroatoms. The van der Waals surface area contributed by atoms with Gasteiger partial charge in [0.1, 0.15) is 0 Å². The van der Waals surface area contributed by atoms with Crippen molar-refractivity contribution in [3.63, 3.8) is 0 Å². The Kier molecular flexibility index (Phi) is 5.30. The zero-order valence-electron chi connectivity index (χ0n) is 14.8. The molecule has 0 spiro atoms. The van der Waals surface area contributed by atoms with E-state index in [1.165, 1.54) is 16.7 Å². The maximum absolute atomic E-state index is 12.4. The molecule has 2 nitrogen and oxygen atoms in total. The summed E-state index contributed by atoms with van der Waals surface area (Å²) in [6.45, 7) is 4.19. The first-order chi connectivity index (χ1) is 12.1. The highest BCUT2D eigenvalue weighted by Crippen LogP contribution is 2.27. The van der Waals surface area contributed by atoms with Gasteiger partial charge in [0.15, 0.2) is 0 Å². The van der Waals surface area contributed by atoms with Gasteiger partial charge >= 0.3 is 0 Å². The minimum absolute atomic E-state index is 0.0448. The Morgan fingerprint density at radius 2 is 1.60 bits per heavy atom. The number of para-hydroxylation sites is 1. The fourth-order valence-electron chi connectivity index (χ4n) is 3.05. The lowest BCUT2D eigenvalue weighted by Crippen LogP contribution is -2.13. The predicted molar refractivity (Wildman–Crippen MR) is 105 cm³/mol. The summed E-state index contributed by atoms with van der Waals surface area (Å²) in [6, 6.07) is 24.4. The van der Waals surface area contributed by atoms with E-state index in [1.54, 1.807) is 0 Å². The molecule has 25 heavy (non-hydrogen) atoms. The number of anilines is 1. The van der Waals surface area contributed by atoms with Crippen molar-refractivity contribution in [2.45, 2.75) is 26.7 Å². The van der Waals surface area contributed by atoms with E-state index in [0.29, 0.717) is 6.42 Å². The number of nitrogens with one attached hydrogen (secondary N) is 1. The molecule has 0 unspecified atom stereocenters. The third-order valence-electron chi connectivity index (χ3n) is 4.41. The number of aryl methyl sites for hydroxylation is 3. The van der Waals surface area contributed by atoms with Crippen LogP contribution in [0, 0.1) is 13.8 Å². The van der Waals surface area contributed by atoms with Crippen molar-refractivity contribution in [2.24, 2.45) is 0 Å². The molecule has 0 bridgehead atoms. The molecule has 3 aromatic rings. The number of hydrogen-bond donors (Lipinski definition) is 1. The van der Waals surface area contributed by atoms with Gasteiger partial charge in [-0.15, -0.1) is 0 Å². The van der Waals surface area contributed by atoms with E-state index >= 15 is 0 Å². The summed E-state index contributed by atoms with van der Waals surface area (Å²) < 4.78 is 0. The molecule has 0 heterocycles. The van der Waals surface area contributed by atoms with Crippen LogP contribution in [0.15, 0.2) is 72.8 Å². The van der Waals surface area contributed by atoms with Crippen LogP contribution >= 0.6 is 0 Å². The summed E-state index contributed by atoms with van der Waals surface area (Å²) >= 11 is 0. The fourth-order valence-corrected chi connectivity index (χ4v) is 3.05. The quantitative estimate of drug-likeness (QED) is 0.654. The van der Waals surface area contributed by atoms with E-state index in [9.17, 15) is 4.79 Å². The van der Waals surface area contributed by atoms with Gasteiger partial charge in [-0.25, -0.2) is 0 Å². The molecule has 1 N–H and O–H groups in total. The molecule has 0 aromatic heterocycles. The number of hydrogen-bond acceptors (Lipinski definition) is 1. The summed E-state index contributed by atoms with van der Waals surface area (Å²) in [7, 11) is 0. The zero-order chi connectivity index (χ0) is 17.6. The topological polar surface area (TPSA) is 29.1 Å². The highest BCUT2D eigenvalue weighted by Gasteiger charge is 2.09. The van der Waals surface area contributed by atoms with Crippen LogP contribution in [0.3, 0.4) is 0 Å². The Balaban J connectivity index is 1.69. The average Bonchev–Trinajstić information content (AvgIpc) is 2.62. The van der Waals surface area contributed by atoms with Gasteiger partial charge in [-0.05, 0) is 43.0 Å². The molecular weight excluding hydrogens is 306 g/mol. The van der Waals surface area contributed by atoms with E-state index < -0.39 is 0 Å². The van der Waals surface area contributed by atoms with Crippen molar-refractivity contribution >= 4 is 11.6 Å². The first-order valence-corrected chi connectivity index (χ1v) is 8.64. The number of carbonyl (C=O) groups excluding carboxylic acids is 1. The minimum atomic E-state index is 0.0448. The molecule has 3 rings (SSSR count). The molecule has 0 atom stereocenters. The SMILES string of the molecule is Cc1ccc(CCC(=O)Nc2ccccc2-c2ccccc2)c(C)c1. The molecule has 0 aliphatic heterocycles. The molecule has 0 radical (unpaired) electrons. The maximum atomic E-state index is 12.4. The van der Waals surface area contributed by atoms with Crippen LogP contribution in [-0.4, -0.2) is 5.91 Å². The van der Waals surface area contributed by atoms with Crippen LogP contribution in [0.5, 0.6) is 0 Å². The smallest absolute Gasteiger partial charge is 0.224 e. The van der Waals surface area contributed by atoms with Gasteiger partial charge in [0.25, 0.3) is 0 Å². The average molecular weight is 329 g/mol. The van der Waals surface area contributed by atoms with Crippen LogP contribution in [0.1, 0.15) is 23.1 Å². The van der Waals surface area contributed by atoms with Crippen molar-refractivity contribution in [2.75, 3.05) is 5.32 Å². The molecule has 126 valence electrons. The molecule has 0 saturated carbocycles. The lowest BCUT2D eigenvalue weighted by molar-refractivity contribution is -0.116. The van der Waals surface area contributed by atoms with E-state index in [0.717, 1.165) is 23.2 Å². The second kappa shape index (κ2) is 7.80. The Morgan fingerprint density at radius 1 is 0.880 bits per heavy atom.